The Morgan fingerprint density at radius 1 is 1.26 bits per heavy atom. The van der Waals surface area contributed by atoms with Crippen molar-refractivity contribution in [1.29, 1.82) is 0 Å². The van der Waals surface area contributed by atoms with Crippen LogP contribution in [0.25, 0.3) is 0 Å². The van der Waals surface area contributed by atoms with Crippen LogP contribution in [-0.2, 0) is 16.9 Å². The fourth-order valence-electron chi connectivity index (χ4n) is 4.50. The maximum Gasteiger partial charge on any atom is 0.254 e. The second kappa shape index (κ2) is 6.27. The number of carbonyl (C=O) groups excluding carboxylic acids is 1. The van der Waals surface area contributed by atoms with Crippen LogP contribution < -0.4 is 5.56 Å². The minimum atomic E-state index is -0.489. The van der Waals surface area contributed by atoms with Crippen LogP contribution in [0, 0.1) is 0 Å². The fraction of sp³-hybridized carbons (Fsp3) is 0.500. The Kier molecular flexibility index (Phi) is 3.86. The highest BCUT2D eigenvalue weighted by Crippen LogP contribution is 2.43. The molecule has 0 aromatic carbocycles. The molecule has 27 heavy (non-hydrogen) atoms. The van der Waals surface area contributed by atoms with Gasteiger partial charge in [-0.15, -0.1) is 0 Å². The van der Waals surface area contributed by atoms with Crippen LogP contribution in [0.1, 0.15) is 65.5 Å². The fourth-order valence-corrected chi connectivity index (χ4v) is 4.50. The molecular weight excluding hydrogens is 344 g/mol. The zero-order valence-corrected chi connectivity index (χ0v) is 15.1. The van der Waals surface area contributed by atoms with Crippen molar-refractivity contribution in [3.8, 4) is 0 Å². The zero-order chi connectivity index (χ0) is 18.4. The number of carbonyl (C=O) groups is 1. The Hall–Kier alpha value is -2.54. The monoisotopic (exact) mass is 366 g/mol. The van der Waals surface area contributed by atoms with Crippen LogP contribution in [0.5, 0.6) is 0 Å². The van der Waals surface area contributed by atoms with Crippen molar-refractivity contribution in [2.24, 2.45) is 0 Å². The van der Waals surface area contributed by atoms with Crippen molar-refractivity contribution >= 4 is 5.91 Å². The SMILES string of the molecule is O=C(c1cc[nH]c(=O)c1)N1CC2(C1)OCc1nc(C3CCCCC3)ncc12. The molecule has 2 aromatic rings. The minimum Gasteiger partial charge on any atom is -0.360 e. The number of aromatic nitrogens is 3. The van der Waals surface area contributed by atoms with Gasteiger partial charge >= 0.3 is 0 Å². The van der Waals surface area contributed by atoms with Crippen LogP contribution >= 0.6 is 0 Å². The van der Waals surface area contributed by atoms with Crippen LogP contribution in [0.4, 0.5) is 0 Å². The number of amides is 1. The Morgan fingerprint density at radius 2 is 2.07 bits per heavy atom. The second-order valence-electron chi connectivity index (χ2n) is 7.81. The number of ether oxygens (including phenoxy) is 1. The number of nitrogens with zero attached hydrogens (tertiary/aromatic N) is 3. The molecule has 0 unspecified atom stereocenters. The normalized spacial score (nSPS) is 21.1. The molecule has 1 aliphatic carbocycles. The van der Waals surface area contributed by atoms with Gasteiger partial charge in [0.05, 0.1) is 25.4 Å². The van der Waals surface area contributed by atoms with Gasteiger partial charge in [-0.05, 0) is 18.9 Å². The standard InChI is InChI=1S/C20H22N4O3/c25-17-8-14(6-7-21-17)19(26)24-11-20(12-24)15-9-22-18(23-16(15)10-27-20)13-4-2-1-3-5-13/h6-9,13H,1-5,10-12H2,(H,21,25). The van der Waals surface area contributed by atoms with Gasteiger partial charge in [-0.3, -0.25) is 9.59 Å². The van der Waals surface area contributed by atoms with Gasteiger partial charge in [-0.1, -0.05) is 19.3 Å². The summed E-state index contributed by atoms with van der Waals surface area (Å²) in [6, 6.07) is 2.95. The Labute approximate surface area is 156 Å². The summed E-state index contributed by atoms with van der Waals surface area (Å²) in [4.78, 5) is 37.7. The molecular formula is C20H22N4O3. The van der Waals surface area contributed by atoms with Crippen molar-refractivity contribution in [3.05, 3.63) is 57.5 Å². The van der Waals surface area contributed by atoms with Gasteiger partial charge in [-0.25, -0.2) is 9.97 Å². The first kappa shape index (κ1) is 16.6. The highest BCUT2D eigenvalue weighted by atomic mass is 16.5. The minimum absolute atomic E-state index is 0.150. The average Bonchev–Trinajstić information content (AvgIpc) is 3.06. The Morgan fingerprint density at radius 3 is 2.85 bits per heavy atom. The van der Waals surface area contributed by atoms with E-state index in [4.69, 9.17) is 9.72 Å². The molecule has 2 fully saturated rings. The summed E-state index contributed by atoms with van der Waals surface area (Å²) in [6.07, 6.45) is 9.56. The molecule has 1 spiro atoms. The molecule has 1 amide bonds. The molecule has 0 bridgehead atoms. The highest BCUT2D eigenvalue weighted by molar-refractivity contribution is 5.94. The number of aromatic amines is 1. The van der Waals surface area contributed by atoms with E-state index in [1.807, 2.05) is 6.20 Å². The third-order valence-corrected chi connectivity index (χ3v) is 6.03. The lowest BCUT2D eigenvalue weighted by atomic mass is 9.86. The van der Waals surface area contributed by atoms with E-state index >= 15 is 0 Å². The van der Waals surface area contributed by atoms with Crippen molar-refractivity contribution in [3.63, 3.8) is 0 Å². The van der Waals surface area contributed by atoms with Crippen molar-refractivity contribution < 1.29 is 9.53 Å². The van der Waals surface area contributed by atoms with Gasteiger partial charge in [-0.2, -0.15) is 0 Å². The number of rotatable bonds is 2. The van der Waals surface area contributed by atoms with E-state index in [2.05, 4.69) is 9.97 Å². The molecule has 4 heterocycles. The van der Waals surface area contributed by atoms with Gasteiger partial charge < -0.3 is 14.6 Å². The van der Waals surface area contributed by atoms with Crippen molar-refractivity contribution in [1.82, 2.24) is 19.9 Å². The zero-order valence-electron chi connectivity index (χ0n) is 15.1. The molecule has 7 nitrogen and oxygen atoms in total. The number of pyridine rings is 1. The number of nitrogens with one attached hydrogen (secondary N) is 1. The summed E-state index contributed by atoms with van der Waals surface area (Å²) < 4.78 is 6.06. The number of fused-ring (bicyclic) bond motifs is 2. The maximum atomic E-state index is 12.6. The molecule has 1 saturated heterocycles. The first-order chi connectivity index (χ1) is 13.1. The van der Waals surface area contributed by atoms with Gasteiger partial charge in [0.25, 0.3) is 5.91 Å². The van der Waals surface area contributed by atoms with E-state index in [9.17, 15) is 9.59 Å². The molecule has 5 rings (SSSR count). The molecule has 7 heteroatoms. The summed E-state index contributed by atoms with van der Waals surface area (Å²) in [7, 11) is 0. The summed E-state index contributed by atoms with van der Waals surface area (Å²) >= 11 is 0. The second-order valence-corrected chi connectivity index (χ2v) is 7.81. The van der Waals surface area contributed by atoms with E-state index in [1.54, 1.807) is 11.0 Å². The molecule has 2 aromatic heterocycles. The summed E-state index contributed by atoms with van der Waals surface area (Å²) in [5.41, 5.74) is 1.61. The van der Waals surface area contributed by atoms with E-state index in [0.29, 0.717) is 31.2 Å². The molecule has 1 saturated carbocycles. The van der Waals surface area contributed by atoms with E-state index in [-0.39, 0.29) is 11.5 Å². The molecule has 0 atom stereocenters. The lowest BCUT2D eigenvalue weighted by molar-refractivity contribution is -0.126. The topological polar surface area (TPSA) is 88.2 Å². The number of hydrogen-bond donors (Lipinski definition) is 1. The summed E-state index contributed by atoms with van der Waals surface area (Å²) in [5.74, 6) is 1.27. The Bertz CT molecular complexity index is 942. The molecule has 1 N–H and O–H groups in total. The van der Waals surface area contributed by atoms with Crippen LogP contribution in [0.2, 0.25) is 0 Å². The first-order valence-corrected chi connectivity index (χ1v) is 9.63. The number of likely N-dealkylation sites (tertiary alicyclic amines) is 1. The van der Waals surface area contributed by atoms with Crippen molar-refractivity contribution in [2.75, 3.05) is 13.1 Å². The van der Waals surface area contributed by atoms with Gasteiger partial charge in [0, 0.05) is 35.5 Å². The molecule has 140 valence electrons. The molecule has 2 aliphatic heterocycles. The van der Waals surface area contributed by atoms with Crippen molar-refractivity contribution in [2.45, 2.75) is 50.2 Å². The lowest BCUT2D eigenvalue weighted by Crippen LogP contribution is -2.61. The number of hydrogen-bond acceptors (Lipinski definition) is 5. The van der Waals surface area contributed by atoms with E-state index in [0.717, 1.165) is 17.1 Å². The number of H-pyrrole nitrogens is 1. The van der Waals surface area contributed by atoms with Crippen LogP contribution in [0.3, 0.4) is 0 Å². The van der Waals surface area contributed by atoms with Gasteiger partial charge in [0.15, 0.2) is 0 Å². The van der Waals surface area contributed by atoms with E-state index < -0.39 is 5.60 Å². The van der Waals surface area contributed by atoms with E-state index in [1.165, 1.54) is 44.4 Å². The quantitative estimate of drug-likeness (QED) is 0.879. The predicted octanol–water partition coefficient (Wildman–Crippen LogP) is 2.09. The lowest BCUT2D eigenvalue weighted by Gasteiger charge is -2.47. The van der Waals surface area contributed by atoms with Crippen LogP contribution in [-0.4, -0.2) is 38.8 Å². The highest BCUT2D eigenvalue weighted by Gasteiger charge is 2.52. The first-order valence-electron chi connectivity index (χ1n) is 9.63. The smallest absolute Gasteiger partial charge is 0.254 e. The van der Waals surface area contributed by atoms with Gasteiger partial charge in [0.1, 0.15) is 11.4 Å². The third-order valence-electron chi connectivity index (χ3n) is 6.03. The predicted molar refractivity (Wildman–Crippen MR) is 97.3 cm³/mol. The third kappa shape index (κ3) is 2.77. The van der Waals surface area contributed by atoms with Crippen LogP contribution in [0.15, 0.2) is 29.3 Å². The summed E-state index contributed by atoms with van der Waals surface area (Å²) in [5, 5.41) is 0. The molecule has 3 aliphatic rings. The maximum absolute atomic E-state index is 12.6. The Balaban J connectivity index is 1.33. The van der Waals surface area contributed by atoms with Gasteiger partial charge in [0.2, 0.25) is 5.56 Å². The molecule has 0 radical (unpaired) electrons. The average molecular weight is 366 g/mol. The largest absolute Gasteiger partial charge is 0.360 e. The summed E-state index contributed by atoms with van der Waals surface area (Å²) in [6.45, 7) is 1.42.